The van der Waals surface area contributed by atoms with E-state index < -0.39 is 84.6 Å². The number of aliphatic carboxylic acids is 2. The lowest BCUT2D eigenvalue weighted by Gasteiger charge is -2.41. The average molecular weight is 889 g/mol. The predicted octanol–water partition coefficient (Wildman–Crippen LogP) is 3.19. The van der Waals surface area contributed by atoms with Crippen LogP contribution in [0.1, 0.15) is 99.5 Å². The normalized spacial score (nSPS) is 18.4. The third-order valence-electron chi connectivity index (χ3n) is 12.5. The maximum absolute atomic E-state index is 14.4. The van der Waals surface area contributed by atoms with E-state index >= 15 is 0 Å². The van der Waals surface area contributed by atoms with Crippen LogP contribution in [0.5, 0.6) is 0 Å². The lowest BCUT2D eigenvalue weighted by atomic mass is 9.89. The van der Waals surface area contributed by atoms with Crippen molar-refractivity contribution in [2.45, 2.75) is 149 Å². The van der Waals surface area contributed by atoms with Gasteiger partial charge in [0, 0.05) is 40.7 Å². The Morgan fingerprint density at radius 3 is 1.95 bits per heavy atom. The van der Waals surface area contributed by atoms with Crippen molar-refractivity contribution >= 4 is 41.5 Å². The Labute approximate surface area is 374 Å². The number of carboxylic acid groups (broad SMARTS) is 2. The summed E-state index contributed by atoms with van der Waals surface area (Å²) < 4.78 is 12.0. The number of nitrogens with zero attached hydrogens (tertiary/aromatic N) is 3. The molecule has 0 saturated carbocycles. The van der Waals surface area contributed by atoms with Gasteiger partial charge in [-0.25, -0.2) is 4.79 Å². The first-order valence-corrected chi connectivity index (χ1v) is 22.4. The number of rotatable bonds is 27. The fourth-order valence-electron chi connectivity index (χ4n) is 8.65. The van der Waals surface area contributed by atoms with Gasteiger partial charge >= 0.3 is 11.9 Å². The summed E-state index contributed by atoms with van der Waals surface area (Å²) in [5, 5.41) is 27.0. The first-order chi connectivity index (χ1) is 29.6. The molecule has 1 saturated heterocycles. The van der Waals surface area contributed by atoms with Crippen LogP contribution in [0.2, 0.25) is 0 Å². The van der Waals surface area contributed by atoms with Gasteiger partial charge in [0.05, 0.1) is 42.7 Å². The monoisotopic (exact) mass is 889 g/mol. The zero-order valence-corrected chi connectivity index (χ0v) is 39.6. The Morgan fingerprint density at radius 1 is 0.825 bits per heavy atom. The van der Waals surface area contributed by atoms with Gasteiger partial charge in [-0.2, -0.15) is 0 Å². The zero-order chi connectivity index (χ0) is 47.7. The number of amides is 5. The largest absolute Gasteiger partial charge is 0.481 e. The molecule has 1 heterocycles. The fraction of sp³-hybridized carbons (Fsp3) is 0.717. The Balaban J connectivity index is 2.35. The molecule has 1 fully saturated rings. The van der Waals surface area contributed by atoms with E-state index in [0.717, 1.165) is 0 Å². The molecule has 1 aliphatic heterocycles. The predicted molar refractivity (Wildman–Crippen MR) is 238 cm³/mol. The first kappa shape index (κ1) is 54.5. The van der Waals surface area contributed by atoms with E-state index in [0.29, 0.717) is 37.9 Å². The molecule has 1 aliphatic rings. The van der Waals surface area contributed by atoms with Crippen LogP contribution < -0.4 is 16.0 Å². The lowest BCUT2D eigenvalue weighted by Crippen LogP contribution is -2.60. The summed E-state index contributed by atoms with van der Waals surface area (Å²) in [5.74, 6) is -5.92. The first-order valence-electron chi connectivity index (χ1n) is 22.4. The van der Waals surface area contributed by atoms with Crippen LogP contribution in [0.25, 0.3) is 0 Å². The summed E-state index contributed by atoms with van der Waals surface area (Å²) in [6.07, 6.45) is -0.547. The topological polar surface area (TPSA) is 224 Å². The molecule has 0 aromatic heterocycles. The molecule has 63 heavy (non-hydrogen) atoms. The summed E-state index contributed by atoms with van der Waals surface area (Å²) in [6.45, 7) is 16.4. The Hall–Kier alpha value is -4.61. The molecule has 2 rings (SSSR count). The van der Waals surface area contributed by atoms with Crippen molar-refractivity contribution in [3.63, 3.8) is 0 Å². The highest BCUT2D eigenvalue weighted by Crippen LogP contribution is 2.30. The van der Waals surface area contributed by atoms with Gasteiger partial charge in [0.15, 0.2) is 0 Å². The van der Waals surface area contributed by atoms with Crippen molar-refractivity contribution in [1.29, 1.82) is 0 Å². The highest BCUT2D eigenvalue weighted by atomic mass is 16.5. The van der Waals surface area contributed by atoms with Crippen molar-refractivity contribution in [1.82, 2.24) is 30.7 Å². The second kappa shape index (κ2) is 26.2. The molecule has 0 aliphatic carbocycles. The molecule has 17 heteroatoms. The number of hydrogen-bond donors (Lipinski definition) is 5. The van der Waals surface area contributed by atoms with Crippen LogP contribution in [-0.2, 0) is 49.5 Å². The van der Waals surface area contributed by atoms with Crippen molar-refractivity contribution in [2.75, 3.05) is 41.4 Å². The van der Waals surface area contributed by atoms with Crippen molar-refractivity contribution < 1.29 is 53.2 Å². The number of methoxy groups -OCH3 is 2. The Bertz CT molecular complexity index is 1660. The minimum Gasteiger partial charge on any atom is -0.481 e. The molecular formula is C46H76N6O11. The van der Waals surface area contributed by atoms with Gasteiger partial charge in [-0.15, -0.1) is 0 Å². The van der Waals surface area contributed by atoms with Gasteiger partial charge in [-0.3, -0.25) is 33.7 Å². The van der Waals surface area contributed by atoms with Gasteiger partial charge < -0.3 is 45.4 Å². The molecule has 5 amide bonds. The number of benzene rings is 1. The molecule has 1 aromatic carbocycles. The van der Waals surface area contributed by atoms with Crippen LogP contribution in [-0.4, -0.2) is 156 Å². The van der Waals surface area contributed by atoms with Gasteiger partial charge in [-0.05, 0) is 56.2 Å². The number of hydrogen-bond acceptors (Lipinski definition) is 10. The van der Waals surface area contributed by atoms with E-state index in [1.54, 1.807) is 54.1 Å². The number of ether oxygens (including phenoxy) is 2. The standard InChI is InChI=1S/C46H76N6O11/c1-13-29(7)40(51(10)45(59)38(27(3)4)49-44(58)39(28(5)6)50(9)14-2)35(62-11)26-36(53)52-24-18-21-34(52)41(63-12)30(8)42(56)48-33(25-31-19-16-15-17-20-31)43(57)47-32(46(60)61)22-23-37(54)55/h15-17,19-20,27-30,32-35,38-41H,13-14,18,21-26H2,1-12H3,(H,47,57)(H,48,56)(H,49,58)(H,54,55)(H,60,61)/t29-,30?,32?,33-,34-,35+,38-,39-,40-,41?/m0/s1. The number of likely N-dealkylation sites (tertiary alicyclic amines) is 1. The summed E-state index contributed by atoms with van der Waals surface area (Å²) in [7, 11) is 6.54. The van der Waals surface area contributed by atoms with E-state index in [2.05, 4.69) is 16.0 Å². The Kier molecular flexibility index (Phi) is 22.7. The SMILES string of the molecule is CC[C@H](C)[C@@H]([C@@H](CC(=O)N1CCC[C@H]1C(OC)C(C)C(=O)N[C@@H](Cc1ccccc1)C(=O)NC(CCC(=O)O)C(=O)O)OC)N(C)C(=O)[C@@H](NC(=O)[C@H](C(C)C)N(C)CC)C(C)C. The van der Waals surface area contributed by atoms with Gasteiger partial charge in [0.1, 0.15) is 18.1 Å². The van der Waals surface area contributed by atoms with Gasteiger partial charge in [-0.1, -0.05) is 92.1 Å². The molecular weight excluding hydrogens is 813 g/mol. The van der Waals surface area contributed by atoms with Gasteiger partial charge in [0.2, 0.25) is 29.5 Å². The van der Waals surface area contributed by atoms with E-state index in [1.165, 1.54) is 14.2 Å². The molecule has 356 valence electrons. The Morgan fingerprint density at radius 2 is 1.44 bits per heavy atom. The van der Waals surface area contributed by atoms with Crippen molar-refractivity contribution in [2.24, 2.45) is 23.7 Å². The second-order valence-electron chi connectivity index (χ2n) is 17.7. The van der Waals surface area contributed by atoms with E-state index in [1.807, 2.05) is 60.4 Å². The van der Waals surface area contributed by atoms with E-state index in [9.17, 15) is 38.7 Å². The van der Waals surface area contributed by atoms with Crippen LogP contribution in [0, 0.1) is 23.7 Å². The summed E-state index contributed by atoms with van der Waals surface area (Å²) in [6, 6.07) is 3.84. The molecule has 17 nitrogen and oxygen atoms in total. The number of carbonyl (C=O) groups excluding carboxylic acids is 5. The number of carbonyl (C=O) groups is 7. The van der Waals surface area contributed by atoms with Crippen LogP contribution in [0.3, 0.4) is 0 Å². The molecule has 10 atom stereocenters. The fourth-order valence-corrected chi connectivity index (χ4v) is 8.65. The maximum atomic E-state index is 14.4. The summed E-state index contributed by atoms with van der Waals surface area (Å²) in [4.78, 5) is 98.3. The molecule has 0 radical (unpaired) electrons. The quantitative estimate of drug-likeness (QED) is 0.0860. The molecule has 3 unspecified atom stereocenters. The smallest absolute Gasteiger partial charge is 0.326 e. The molecule has 1 aromatic rings. The van der Waals surface area contributed by atoms with Crippen molar-refractivity contribution in [3.8, 4) is 0 Å². The minimum absolute atomic E-state index is 0.0107. The third kappa shape index (κ3) is 15.6. The number of carboxylic acids is 2. The molecule has 0 spiro atoms. The van der Waals surface area contributed by atoms with Crippen LogP contribution in [0.15, 0.2) is 30.3 Å². The minimum atomic E-state index is -1.49. The van der Waals surface area contributed by atoms with Gasteiger partial charge in [0.25, 0.3) is 0 Å². The molecule has 5 N–H and O–H groups in total. The molecule has 0 bridgehead atoms. The van der Waals surface area contributed by atoms with E-state index in [4.69, 9.17) is 14.6 Å². The third-order valence-corrected chi connectivity index (χ3v) is 12.5. The zero-order valence-electron chi connectivity index (χ0n) is 39.6. The summed E-state index contributed by atoms with van der Waals surface area (Å²) in [5.41, 5.74) is 0.693. The highest BCUT2D eigenvalue weighted by molar-refractivity contribution is 5.92. The van der Waals surface area contributed by atoms with Crippen LogP contribution in [0.4, 0.5) is 0 Å². The summed E-state index contributed by atoms with van der Waals surface area (Å²) >= 11 is 0. The highest BCUT2D eigenvalue weighted by Gasteiger charge is 2.44. The number of nitrogens with one attached hydrogen (secondary N) is 3. The second-order valence-corrected chi connectivity index (χ2v) is 17.7. The van der Waals surface area contributed by atoms with Crippen molar-refractivity contribution in [3.05, 3.63) is 35.9 Å². The van der Waals surface area contributed by atoms with E-state index in [-0.39, 0.29) is 54.7 Å². The maximum Gasteiger partial charge on any atom is 0.326 e. The van der Waals surface area contributed by atoms with Crippen LogP contribution >= 0.6 is 0 Å². The number of likely N-dealkylation sites (N-methyl/N-ethyl adjacent to an activating group) is 2. The lowest BCUT2D eigenvalue weighted by molar-refractivity contribution is -0.148. The average Bonchev–Trinajstić information content (AvgIpc) is 3.73.